The molecule has 0 aromatic rings. The molecule has 0 bridgehead atoms. The lowest BCUT2D eigenvalue weighted by atomic mass is 9.90. The molecule has 19 heavy (non-hydrogen) atoms. The van der Waals surface area contributed by atoms with E-state index >= 15 is 0 Å². The zero-order chi connectivity index (χ0) is 12.9. The molecule has 1 fully saturated rings. The largest absolute Gasteiger partial charge is 0.362 e. The summed E-state index contributed by atoms with van der Waals surface area (Å²) in [6.07, 6.45) is 25.6. The standard InChI is InChI=1S/C18H27N/c1-4-10-16(11-5-1)19(17-12-6-2-7-13-17)18-14-8-3-9-15-18/h4-5,10-12,16,18H,1-3,6-9,13-15H2. The monoisotopic (exact) mass is 257 g/mol. The second kappa shape index (κ2) is 6.45. The van der Waals surface area contributed by atoms with E-state index in [4.69, 9.17) is 0 Å². The number of allylic oxidation sites excluding steroid dienone is 4. The third kappa shape index (κ3) is 3.13. The summed E-state index contributed by atoms with van der Waals surface area (Å²) in [5, 5.41) is 0. The Kier molecular flexibility index (Phi) is 4.42. The van der Waals surface area contributed by atoms with Gasteiger partial charge in [0, 0.05) is 11.7 Å². The highest BCUT2D eigenvalue weighted by molar-refractivity contribution is 5.20. The molecule has 3 rings (SSSR count). The molecular weight excluding hydrogens is 230 g/mol. The van der Waals surface area contributed by atoms with Gasteiger partial charge in [0.2, 0.25) is 0 Å². The molecule has 0 heterocycles. The minimum atomic E-state index is 0.529. The van der Waals surface area contributed by atoms with Crippen molar-refractivity contribution < 1.29 is 0 Å². The molecule has 0 unspecified atom stereocenters. The van der Waals surface area contributed by atoms with E-state index in [1.165, 1.54) is 57.8 Å². The van der Waals surface area contributed by atoms with Crippen LogP contribution in [0.3, 0.4) is 0 Å². The maximum atomic E-state index is 2.77. The smallest absolute Gasteiger partial charge is 0.0657 e. The summed E-state index contributed by atoms with van der Waals surface area (Å²) in [5.41, 5.74) is 1.64. The third-order valence-electron chi connectivity index (χ3n) is 4.83. The van der Waals surface area contributed by atoms with Gasteiger partial charge in [0.1, 0.15) is 0 Å². The van der Waals surface area contributed by atoms with E-state index in [0.29, 0.717) is 6.04 Å². The Morgan fingerprint density at radius 3 is 2.37 bits per heavy atom. The predicted molar refractivity (Wildman–Crippen MR) is 81.9 cm³/mol. The van der Waals surface area contributed by atoms with Crippen LogP contribution in [0.1, 0.15) is 64.2 Å². The van der Waals surface area contributed by atoms with Gasteiger partial charge in [0.05, 0.1) is 6.04 Å². The van der Waals surface area contributed by atoms with Crippen molar-refractivity contribution in [2.75, 3.05) is 0 Å². The van der Waals surface area contributed by atoms with E-state index in [0.717, 1.165) is 12.5 Å². The molecule has 0 radical (unpaired) electrons. The van der Waals surface area contributed by atoms with Gasteiger partial charge in [-0.15, -0.1) is 0 Å². The third-order valence-corrected chi connectivity index (χ3v) is 4.83. The van der Waals surface area contributed by atoms with Crippen molar-refractivity contribution in [1.82, 2.24) is 4.90 Å². The molecule has 0 atom stereocenters. The number of hydrogen-bond acceptors (Lipinski definition) is 1. The molecule has 3 aliphatic carbocycles. The van der Waals surface area contributed by atoms with Gasteiger partial charge in [0.15, 0.2) is 0 Å². The summed E-state index contributed by atoms with van der Waals surface area (Å²) in [6, 6.07) is 1.32. The second-order valence-corrected chi connectivity index (χ2v) is 6.22. The van der Waals surface area contributed by atoms with Crippen LogP contribution >= 0.6 is 0 Å². The molecule has 0 amide bonds. The maximum absolute atomic E-state index is 2.77. The minimum absolute atomic E-state index is 0.529. The number of rotatable bonds is 3. The normalized spacial score (nSPS) is 25.4. The van der Waals surface area contributed by atoms with Crippen molar-refractivity contribution in [1.29, 1.82) is 0 Å². The summed E-state index contributed by atoms with van der Waals surface area (Å²) >= 11 is 0. The van der Waals surface area contributed by atoms with E-state index in [1.807, 2.05) is 0 Å². The van der Waals surface area contributed by atoms with Gasteiger partial charge >= 0.3 is 0 Å². The van der Waals surface area contributed by atoms with Crippen LogP contribution in [-0.2, 0) is 0 Å². The van der Waals surface area contributed by atoms with Gasteiger partial charge in [-0.2, -0.15) is 0 Å². The molecule has 0 N–H and O–H groups in total. The molecule has 1 heteroatoms. The van der Waals surface area contributed by atoms with Gasteiger partial charge < -0.3 is 4.90 Å². The van der Waals surface area contributed by atoms with Crippen LogP contribution in [-0.4, -0.2) is 17.0 Å². The number of hydrogen-bond donors (Lipinski definition) is 0. The molecule has 0 saturated heterocycles. The van der Waals surface area contributed by atoms with Crippen LogP contribution in [0, 0.1) is 0 Å². The Hall–Kier alpha value is -0.980. The Morgan fingerprint density at radius 1 is 0.895 bits per heavy atom. The molecule has 1 saturated carbocycles. The fraction of sp³-hybridized carbons (Fsp3) is 0.667. The van der Waals surface area contributed by atoms with Crippen molar-refractivity contribution in [3.05, 3.63) is 36.1 Å². The van der Waals surface area contributed by atoms with Crippen LogP contribution in [0.4, 0.5) is 0 Å². The minimum Gasteiger partial charge on any atom is -0.362 e. The van der Waals surface area contributed by atoms with Crippen molar-refractivity contribution in [3.8, 4) is 0 Å². The molecule has 0 aliphatic heterocycles. The predicted octanol–water partition coefficient (Wildman–Crippen LogP) is 4.96. The molecule has 0 spiro atoms. The first-order valence-corrected chi connectivity index (χ1v) is 8.26. The van der Waals surface area contributed by atoms with E-state index in [-0.39, 0.29) is 0 Å². The van der Waals surface area contributed by atoms with Gasteiger partial charge in [-0.1, -0.05) is 49.6 Å². The summed E-state index contributed by atoms with van der Waals surface area (Å²) in [6.45, 7) is 0. The van der Waals surface area contributed by atoms with Crippen LogP contribution in [0.15, 0.2) is 36.1 Å². The summed E-state index contributed by atoms with van der Waals surface area (Å²) in [4.78, 5) is 2.77. The first kappa shape index (κ1) is 13.0. The van der Waals surface area contributed by atoms with Gasteiger partial charge in [0.25, 0.3) is 0 Å². The van der Waals surface area contributed by atoms with Gasteiger partial charge in [-0.3, -0.25) is 0 Å². The van der Waals surface area contributed by atoms with E-state index in [2.05, 4.69) is 35.3 Å². The molecule has 0 aromatic carbocycles. The molecule has 0 aromatic heterocycles. The summed E-state index contributed by atoms with van der Waals surface area (Å²) < 4.78 is 0. The van der Waals surface area contributed by atoms with E-state index in [1.54, 1.807) is 5.70 Å². The number of nitrogens with zero attached hydrogens (tertiary/aromatic N) is 1. The lowest BCUT2D eigenvalue weighted by molar-refractivity contribution is 0.178. The van der Waals surface area contributed by atoms with Crippen molar-refractivity contribution in [2.24, 2.45) is 0 Å². The van der Waals surface area contributed by atoms with E-state index in [9.17, 15) is 0 Å². The Labute approximate surface area is 118 Å². The Balaban J connectivity index is 1.81. The first-order valence-electron chi connectivity index (χ1n) is 8.26. The second-order valence-electron chi connectivity index (χ2n) is 6.22. The van der Waals surface area contributed by atoms with Gasteiger partial charge in [-0.25, -0.2) is 0 Å². The topological polar surface area (TPSA) is 3.24 Å². The van der Waals surface area contributed by atoms with Crippen LogP contribution in [0.25, 0.3) is 0 Å². The molecular formula is C18H27N. The van der Waals surface area contributed by atoms with Crippen LogP contribution < -0.4 is 0 Å². The van der Waals surface area contributed by atoms with Crippen molar-refractivity contribution >= 4 is 0 Å². The fourth-order valence-electron chi connectivity index (χ4n) is 3.85. The summed E-state index contributed by atoms with van der Waals surface area (Å²) in [5.74, 6) is 0. The van der Waals surface area contributed by atoms with E-state index < -0.39 is 0 Å². The summed E-state index contributed by atoms with van der Waals surface area (Å²) in [7, 11) is 0. The molecule has 3 aliphatic rings. The zero-order valence-corrected chi connectivity index (χ0v) is 12.1. The quantitative estimate of drug-likeness (QED) is 0.646. The Bertz CT molecular complexity index is 359. The highest BCUT2D eigenvalue weighted by atomic mass is 15.2. The molecule has 1 nitrogen and oxygen atoms in total. The zero-order valence-electron chi connectivity index (χ0n) is 12.1. The highest BCUT2D eigenvalue weighted by Gasteiger charge is 2.27. The van der Waals surface area contributed by atoms with Crippen molar-refractivity contribution in [2.45, 2.75) is 76.3 Å². The first-order chi connectivity index (χ1) is 9.45. The van der Waals surface area contributed by atoms with Gasteiger partial charge in [-0.05, 0) is 44.9 Å². The SMILES string of the molecule is C1=CC(N(C2=CCCCC2)C2CCCCC2)C=CC1. The van der Waals surface area contributed by atoms with Crippen LogP contribution in [0.5, 0.6) is 0 Å². The Morgan fingerprint density at radius 2 is 1.68 bits per heavy atom. The van der Waals surface area contributed by atoms with Crippen molar-refractivity contribution in [3.63, 3.8) is 0 Å². The highest BCUT2D eigenvalue weighted by Crippen LogP contribution is 2.32. The maximum Gasteiger partial charge on any atom is 0.0657 e. The lowest BCUT2D eigenvalue weighted by Crippen LogP contribution is -2.42. The average molecular weight is 257 g/mol. The lowest BCUT2D eigenvalue weighted by Gasteiger charge is -2.42. The van der Waals surface area contributed by atoms with Crippen LogP contribution in [0.2, 0.25) is 0 Å². The fourth-order valence-corrected chi connectivity index (χ4v) is 3.85. The average Bonchev–Trinajstić information content (AvgIpc) is 2.51. The molecule has 104 valence electrons.